The van der Waals surface area contributed by atoms with Crippen LogP contribution in [0.1, 0.15) is 37.4 Å². The minimum atomic E-state index is 0.146. The zero-order valence-corrected chi connectivity index (χ0v) is 9.72. The smallest absolute Gasteiger partial charge is 0.220 e. The number of hydrogen-bond acceptors (Lipinski definition) is 3. The van der Waals surface area contributed by atoms with Crippen LogP contribution in [0.15, 0.2) is 0 Å². The number of nitrogens with zero attached hydrogens (tertiary/aromatic N) is 2. The van der Waals surface area contributed by atoms with Crippen molar-refractivity contribution in [2.24, 2.45) is 0 Å². The van der Waals surface area contributed by atoms with E-state index in [2.05, 4.69) is 15.5 Å². The number of H-pyrrole nitrogens is 1. The van der Waals surface area contributed by atoms with E-state index in [1.165, 1.54) is 12.8 Å². The summed E-state index contributed by atoms with van der Waals surface area (Å²) >= 11 is 5.22. The number of carbonyl (C=O) groups is 1. The number of aromatic nitrogens is 3. The third kappa shape index (κ3) is 1.77. The lowest BCUT2D eigenvalue weighted by molar-refractivity contribution is -0.119. The minimum absolute atomic E-state index is 0.146. The van der Waals surface area contributed by atoms with E-state index in [4.69, 9.17) is 12.2 Å². The van der Waals surface area contributed by atoms with E-state index < -0.39 is 0 Å². The fraction of sp³-hybridized carbons (Fsp3) is 0.700. The highest BCUT2D eigenvalue weighted by molar-refractivity contribution is 7.71. The molecule has 2 aliphatic rings. The van der Waals surface area contributed by atoms with Crippen LogP contribution < -0.4 is 5.32 Å². The van der Waals surface area contributed by atoms with Gasteiger partial charge in [-0.25, -0.2) is 0 Å². The van der Waals surface area contributed by atoms with E-state index in [1.807, 2.05) is 4.57 Å². The molecular formula is C10H14N4OS. The van der Waals surface area contributed by atoms with Crippen LogP contribution in [0.5, 0.6) is 0 Å². The molecule has 2 N–H and O–H groups in total. The average Bonchev–Trinajstić information content (AvgIpc) is 2.93. The summed E-state index contributed by atoms with van der Waals surface area (Å²) in [5.41, 5.74) is 0. The summed E-state index contributed by atoms with van der Waals surface area (Å²) in [5, 5.41) is 10.1. The van der Waals surface area contributed by atoms with Gasteiger partial charge in [0.2, 0.25) is 5.91 Å². The van der Waals surface area contributed by atoms with Gasteiger partial charge in [0.05, 0.1) is 0 Å². The van der Waals surface area contributed by atoms with E-state index in [-0.39, 0.29) is 11.9 Å². The second-order valence-electron chi connectivity index (χ2n) is 4.57. The molecule has 1 unspecified atom stereocenters. The van der Waals surface area contributed by atoms with Crippen LogP contribution in [0.2, 0.25) is 0 Å². The Morgan fingerprint density at radius 1 is 1.44 bits per heavy atom. The van der Waals surface area contributed by atoms with Gasteiger partial charge in [-0.05, 0) is 31.5 Å². The molecule has 1 saturated heterocycles. The van der Waals surface area contributed by atoms with E-state index in [0.29, 0.717) is 17.1 Å². The predicted octanol–water partition coefficient (Wildman–Crippen LogP) is 1.10. The van der Waals surface area contributed by atoms with Crippen molar-refractivity contribution in [1.82, 2.24) is 20.1 Å². The lowest BCUT2D eigenvalue weighted by Gasteiger charge is -2.12. The van der Waals surface area contributed by atoms with Gasteiger partial charge in [0.25, 0.3) is 0 Å². The Morgan fingerprint density at radius 2 is 2.25 bits per heavy atom. The molecule has 1 atom stereocenters. The fourth-order valence-corrected chi connectivity index (χ4v) is 2.41. The maximum absolute atomic E-state index is 11.1. The van der Waals surface area contributed by atoms with Crippen molar-refractivity contribution in [1.29, 1.82) is 0 Å². The monoisotopic (exact) mass is 238 g/mol. The molecule has 16 heavy (non-hydrogen) atoms. The first-order valence-corrected chi connectivity index (χ1v) is 6.09. The zero-order chi connectivity index (χ0) is 11.1. The molecule has 5 nitrogen and oxygen atoms in total. The molecule has 1 amide bonds. The molecule has 1 aromatic rings. The van der Waals surface area contributed by atoms with Crippen molar-refractivity contribution in [3.05, 3.63) is 10.6 Å². The van der Waals surface area contributed by atoms with Gasteiger partial charge in [-0.2, -0.15) is 5.10 Å². The van der Waals surface area contributed by atoms with Crippen LogP contribution in [-0.4, -0.2) is 26.7 Å². The standard InChI is InChI=1S/C10H14N4OS/c15-8-4-3-7(11-8)5-14-9(6-1-2-6)12-13-10(14)16/h6-7H,1-5H2,(H,11,15)(H,13,16). The second-order valence-corrected chi connectivity index (χ2v) is 4.96. The predicted molar refractivity (Wildman–Crippen MR) is 60.6 cm³/mol. The number of hydrogen-bond donors (Lipinski definition) is 2. The van der Waals surface area contributed by atoms with E-state index in [9.17, 15) is 4.79 Å². The maximum Gasteiger partial charge on any atom is 0.220 e. The number of nitrogens with one attached hydrogen (secondary N) is 2. The molecule has 3 rings (SSSR count). The van der Waals surface area contributed by atoms with Gasteiger partial charge in [-0.3, -0.25) is 9.89 Å². The highest BCUT2D eigenvalue weighted by Gasteiger charge is 2.30. The van der Waals surface area contributed by atoms with E-state index in [0.717, 1.165) is 18.8 Å². The van der Waals surface area contributed by atoms with Gasteiger partial charge < -0.3 is 9.88 Å². The van der Waals surface area contributed by atoms with Crippen LogP contribution in [0.25, 0.3) is 0 Å². The van der Waals surface area contributed by atoms with Gasteiger partial charge >= 0.3 is 0 Å². The Hall–Kier alpha value is -1.17. The SMILES string of the molecule is O=C1CCC(Cn2c(C3CC3)n[nH]c2=S)N1. The Morgan fingerprint density at radius 3 is 2.88 bits per heavy atom. The van der Waals surface area contributed by atoms with Crippen molar-refractivity contribution < 1.29 is 4.79 Å². The summed E-state index contributed by atoms with van der Waals surface area (Å²) in [4.78, 5) is 11.1. The highest BCUT2D eigenvalue weighted by atomic mass is 32.1. The molecule has 0 bridgehead atoms. The third-order valence-corrected chi connectivity index (χ3v) is 3.53. The molecule has 1 aliphatic heterocycles. The quantitative estimate of drug-likeness (QED) is 0.775. The van der Waals surface area contributed by atoms with E-state index >= 15 is 0 Å². The normalized spacial score (nSPS) is 24.8. The molecule has 0 aromatic carbocycles. The highest BCUT2D eigenvalue weighted by Crippen LogP contribution is 2.38. The minimum Gasteiger partial charge on any atom is -0.352 e. The molecule has 2 fully saturated rings. The van der Waals surface area contributed by atoms with Gasteiger partial charge in [0.1, 0.15) is 5.82 Å². The lowest BCUT2D eigenvalue weighted by Crippen LogP contribution is -2.30. The first kappa shape index (κ1) is 10.0. The molecular weight excluding hydrogens is 224 g/mol. The first-order valence-electron chi connectivity index (χ1n) is 5.68. The second kappa shape index (κ2) is 3.69. The number of amides is 1. The summed E-state index contributed by atoms with van der Waals surface area (Å²) in [5.74, 6) is 1.78. The molecule has 1 aliphatic carbocycles. The van der Waals surface area contributed by atoms with Crippen LogP contribution in [-0.2, 0) is 11.3 Å². The number of rotatable bonds is 3. The number of aromatic amines is 1. The van der Waals surface area contributed by atoms with E-state index in [1.54, 1.807) is 0 Å². The molecule has 1 aromatic heterocycles. The van der Waals surface area contributed by atoms with Crippen LogP contribution in [0, 0.1) is 4.77 Å². The summed E-state index contributed by atoms with van der Waals surface area (Å²) < 4.78 is 2.71. The van der Waals surface area contributed by atoms with Gasteiger partial charge in [0.15, 0.2) is 4.77 Å². The van der Waals surface area contributed by atoms with Gasteiger partial charge in [-0.1, -0.05) is 0 Å². The van der Waals surface area contributed by atoms with Crippen molar-refractivity contribution >= 4 is 18.1 Å². The summed E-state index contributed by atoms with van der Waals surface area (Å²) in [7, 11) is 0. The lowest BCUT2D eigenvalue weighted by atomic mass is 10.2. The average molecular weight is 238 g/mol. The molecule has 6 heteroatoms. The molecule has 2 heterocycles. The first-order chi connectivity index (χ1) is 7.74. The van der Waals surface area contributed by atoms with Gasteiger partial charge in [-0.15, -0.1) is 0 Å². The maximum atomic E-state index is 11.1. The molecule has 86 valence electrons. The van der Waals surface area contributed by atoms with Crippen molar-refractivity contribution in [3.63, 3.8) is 0 Å². The zero-order valence-electron chi connectivity index (χ0n) is 8.90. The van der Waals surface area contributed by atoms with Crippen LogP contribution >= 0.6 is 12.2 Å². The van der Waals surface area contributed by atoms with Crippen molar-refractivity contribution in [2.75, 3.05) is 0 Å². The van der Waals surface area contributed by atoms with Crippen LogP contribution in [0.4, 0.5) is 0 Å². The Labute approximate surface area is 98.2 Å². The number of carbonyl (C=O) groups excluding carboxylic acids is 1. The van der Waals surface area contributed by atoms with Crippen molar-refractivity contribution in [3.8, 4) is 0 Å². The largest absolute Gasteiger partial charge is 0.352 e. The molecule has 0 spiro atoms. The third-order valence-electron chi connectivity index (χ3n) is 3.22. The van der Waals surface area contributed by atoms with Crippen LogP contribution in [0.3, 0.4) is 0 Å². The summed E-state index contributed by atoms with van der Waals surface area (Å²) in [6.45, 7) is 0.757. The topological polar surface area (TPSA) is 62.7 Å². The summed E-state index contributed by atoms with van der Waals surface area (Å²) in [6, 6.07) is 0.217. The summed E-state index contributed by atoms with van der Waals surface area (Å²) in [6.07, 6.45) is 3.94. The Balaban J connectivity index is 1.80. The van der Waals surface area contributed by atoms with Crippen molar-refractivity contribution in [2.45, 2.75) is 44.2 Å². The Kier molecular flexibility index (Phi) is 2.31. The molecule has 0 radical (unpaired) electrons. The molecule has 1 saturated carbocycles. The van der Waals surface area contributed by atoms with Gasteiger partial charge in [0, 0.05) is 24.9 Å². The fourth-order valence-electron chi connectivity index (χ4n) is 2.19. The Bertz CT molecular complexity index is 473.